The number of H-pyrrole nitrogens is 1. The fourth-order valence-electron chi connectivity index (χ4n) is 2.09. The molecule has 0 atom stereocenters. The average molecular weight is 342 g/mol. The molecule has 2 heterocycles. The van der Waals surface area contributed by atoms with Gasteiger partial charge in [-0.15, -0.1) is 21.5 Å². The molecular weight excluding hydrogens is 328 g/mol. The molecule has 24 heavy (non-hydrogen) atoms. The number of hydrogen-bond acceptors (Lipinski definition) is 7. The highest BCUT2D eigenvalue weighted by Gasteiger charge is 2.09. The number of thiophene rings is 1. The number of aromatic amines is 1. The Kier molecular flexibility index (Phi) is 4.66. The summed E-state index contributed by atoms with van der Waals surface area (Å²) >= 11 is 1.56. The molecule has 7 nitrogen and oxygen atoms in total. The van der Waals surface area contributed by atoms with Crippen molar-refractivity contribution in [2.24, 2.45) is 0 Å². The SMILES string of the molecule is COC(=O)c1cccc(Nc2nnc(Cc3cccs3)c(=O)[nH]2)c1. The van der Waals surface area contributed by atoms with Crippen molar-refractivity contribution in [1.29, 1.82) is 0 Å². The highest BCUT2D eigenvalue weighted by atomic mass is 32.1. The maximum atomic E-state index is 12.1. The number of methoxy groups -OCH3 is 1. The summed E-state index contributed by atoms with van der Waals surface area (Å²) < 4.78 is 4.67. The highest BCUT2D eigenvalue weighted by Crippen LogP contribution is 2.15. The molecule has 0 bridgehead atoms. The predicted octanol–water partition coefficient (Wildman–Crippen LogP) is 2.35. The van der Waals surface area contributed by atoms with Crippen molar-refractivity contribution < 1.29 is 9.53 Å². The minimum Gasteiger partial charge on any atom is -0.465 e. The van der Waals surface area contributed by atoms with E-state index in [2.05, 4.69) is 25.2 Å². The first kappa shape index (κ1) is 15.9. The van der Waals surface area contributed by atoms with E-state index >= 15 is 0 Å². The van der Waals surface area contributed by atoms with Gasteiger partial charge in [0.1, 0.15) is 5.69 Å². The summed E-state index contributed by atoms with van der Waals surface area (Å²) in [6.07, 6.45) is 0.443. The molecule has 0 fully saturated rings. The van der Waals surface area contributed by atoms with Gasteiger partial charge in [-0.2, -0.15) is 0 Å². The molecule has 3 rings (SSSR count). The van der Waals surface area contributed by atoms with Gasteiger partial charge in [0.15, 0.2) is 0 Å². The van der Waals surface area contributed by atoms with E-state index in [9.17, 15) is 9.59 Å². The Bertz CT molecular complexity index is 906. The number of benzene rings is 1. The minimum atomic E-state index is -0.440. The van der Waals surface area contributed by atoms with E-state index in [0.29, 0.717) is 23.4 Å². The van der Waals surface area contributed by atoms with E-state index in [0.717, 1.165) is 4.88 Å². The van der Waals surface area contributed by atoms with Crippen LogP contribution in [0.5, 0.6) is 0 Å². The molecule has 0 amide bonds. The summed E-state index contributed by atoms with van der Waals surface area (Å²) in [6, 6.07) is 10.5. The molecule has 0 aliphatic rings. The highest BCUT2D eigenvalue weighted by molar-refractivity contribution is 7.09. The maximum absolute atomic E-state index is 12.1. The number of rotatable bonds is 5. The van der Waals surface area contributed by atoms with Gasteiger partial charge in [0, 0.05) is 17.0 Å². The number of carbonyl (C=O) groups is 1. The quantitative estimate of drug-likeness (QED) is 0.691. The third kappa shape index (κ3) is 3.66. The number of ether oxygens (including phenoxy) is 1. The smallest absolute Gasteiger partial charge is 0.337 e. The first-order valence-electron chi connectivity index (χ1n) is 7.09. The Labute approximate surface area is 141 Å². The first-order valence-corrected chi connectivity index (χ1v) is 7.97. The van der Waals surface area contributed by atoms with E-state index in [4.69, 9.17) is 0 Å². The molecule has 3 aromatic rings. The molecule has 122 valence electrons. The van der Waals surface area contributed by atoms with Crippen LogP contribution in [-0.2, 0) is 11.2 Å². The minimum absolute atomic E-state index is 0.206. The van der Waals surface area contributed by atoms with Crippen molar-refractivity contribution >= 4 is 28.9 Å². The lowest BCUT2D eigenvalue weighted by Crippen LogP contribution is -2.18. The first-order chi connectivity index (χ1) is 11.7. The number of anilines is 2. The molecule has 0 saturated carbocycles. The molecule has 0 spiro atoms. The number of nitrogens with one attached hydrogen (secondary N) is 2. The van der Waals surface area contributed by atoms with Crippen molar-refractivity contribution in [1.82, 2.24) is 15.2 Å². The van der Waals surface area contributed by atoms with E-state index in [1.165, 1.54) is 7.11 Å². The van der Waals surface area contributed by atoms with Crippen LogP contribution in [0.15, 0.2) is 46.6 Å². The van der Waals surface area contributed by atoms with Crippen LogP contribution in [0.25, 0.3) is 0 Å². The summed E-state index contributed by atoms with van der Waals surface area (Å²) in [7, 11) is 1.32. The van der Waals surface area contributed by atoms with Crippen molar-refractivity contribution in [2.75, 3.05) is 12.4 Å². The van der Waals surface area contributed by atoms with Crippen LogP contribution in [0.1, 0.15) is 20.9 Å². The summed E-state index contributed by atoms with van der Waals surface area (Å²) in [5.41, 5.74) is 1.04. The molecule has 0 radical (unpaired) electrons. The van der Waals surface area contributed by atoms with Gasteiger partial charge in [0.2, 0.25) is 5.95 Å². The molecule has 0 aliphatic heterocycles. The number of hydrogen-bond donors (Lipinski definition) is 2. The third-order valence-electron chi connectivity index (χ3n) is 3.23. The van der Waals surface area contributed by atoms with Gasteiger partial charge in [-0.25, -0.2) is 4.79 Å². The maximum Gasteiger partial charge on any atom is 0.337 e. The summed E-state index contributed by atoms with van der Waals surface area (Å²) in [5.74, 6) is -0.235. The zero-order valence-corrected chi connectivity index (χ0v) is 13.6. The summed E-state index contributed by atoms with van der Waals surface area (Å²) in [5, 5.41) is 12.8. The Balaban J connectivity index is 1.77. The largest absolute Gasteiger partial charge is 0.465 e. The average Bonchev–Trinajstić information content (AvgIpc) is 3.10. The molecule has 0 aliphatic carbocycles. The zero-order chi connectivity index (χ0) is 16.9. The summed E-state index contributed by atoms with van der Waals surface area (Å²) in [4.78, 5) is 27.3. The zero-order valence-electron chi connectivity index (χ0n) is 12.8. The second-order valence-corrected chi connectivity index (χ2v) is 5.94. The fourth-order valence-corrected chi connectivity index (χ4v) is 2.80. The van der Waals surface area contributed by atoms with E-state index in [1.54, 1.807) is 35.6 Å². The summed E-state index contributed by atoms with van der Waals surface area (Å²) in [6.45, 7) is 0. The lowest BCUT2D eigenvalue weighted by atomic mass is 10.2. The second-order valence-electron chi connectivity index (χ2n) is 4.90. The monoisotopic (exact) mass is 342 g/mol. The van der Waals surface area contributed by atoms with E-state index in [1.807, 2.05) is 17.5 Å². The van der Waals surface area contributed by atoms with Crippen molar-refractivity contribution in [2.45, 2.75) is 6.42 Å². The second kappa shape index (κ2) is 7.05. The van der Waals surface area contributed by atoms with Crippen LogP contribution < -0.4 is 10.9 Å². The van der Waals surface area contributed by atoms with Gasteiger partial charge in [-0.05, 0) is 29.6 Å². The number of carbonyl (C=O) groups excluding carboxylic acids is 1. The van der Waals surface area contributed by atoms with Gasteiger partial charge < -0.3 is 10.1 Å². The van der Waals surface area contributed by atoms with Crippen LogP contribution in [0, 0.1) is 0 Å². The standard InChI is InChI=1S/C16H14N4O3S/c1-23-15(22)10-4-2-5-11(8-10)17-16-18-14(21)13(19-20-16)9-12-6-3-7-24-12/h2-8H,9H2,1H3,(H2,17,18,20,21). The van der Waals surface area contributed by atoms with Gasteiger partial charge >= 0.3 is 5.97 Å². The lowest BCUT2D eigenvalue weighted by molar-refractivity contribution is 0.0601. The molecule has 2 aromatic heterocycles. The normalized spacial score (nSPS) is 10.4. The third-order valence-corrected chi connectivity index (χ3v) is 4.11. The Morgan fingerprint density at radius 3 is 2.88 bits per heavy atom. The van der Waals surface area contributed by atoms with Crippen LogP contribution in [0.4, 0.5) is 11.6 Å². The van der Waals surface area contributed by atoms with Gasteiger partial charge in [0.25, 0.3) is 5.56 Å². The lowest BCUT2D eigenvalue weighted by Gasteiger charge is -2.06. The Morgan fingerprint density at radius 2 is 2.17 bits per heavy atom. The topological polar surface area (TPSA) is 97.0 Å². The van der Waals surface area contributed by atoms with Gasteiger partial charge in [-0.3, -0.25) is 9.78 Å². The molecule has 0 saturated heterocycles. The van der Waals surface area contributed by atoms with Crippen LogP contribution >= 0.6 is 11.3 Å². The van der Waals surface area contributed by atoms with Crippen molar-refractivity contribution in [3.8, 4) is 0 Å². The molecule has 1 aromatic carbocycles. The van der Waals surface area contributed by atoms with E-state index < -0.39 is 5.97 Å². The van der Waals surface area contributed by atoms with Crippen molar-refractivity contribution in [3.63, 3.8) is 0 Å². The van der Waals surface area contributed by atoms with Gasteiger partial charge in [0.05, 0.1) is 12.7 Å². The van der Waals surface area contributed by atoms with Crippen LogP contribution in [0.3, 0.4) is 0 Å². The number of esters is 1. The number of aromatic nitrogens is 3. The van der Waals surface area contributed by atoms with Crippen LogP contribution in [0.2, 0.25) is 0 Å². The fraction of sp³-hybridized carbons (Fsp3) is 0.125. The Morgan fingerprint density at radius 1 is 1.29 bits per heavy atom. The van der Waals surface area contributed by atoms with Crippen LogP contribution in [-0.4, -0.2) is 28.3 Å². The predicted molar refractivity (Wildman–Crippen MR) is 90.8 cm³/mol. The molecule has 2 N–H and O–H groups in total. The molecule has 8 heteroatoms. The van der Waals surface area contributed by atoms with E-state index in [-0.39, 0.29) is 11.5 Å². The number of nitrogens with zero attached hydrogens (tertiary/aromatic N) is 2. The Hall–Kier alpha value is -3.00. The van der Waals surface area contributed by atoms with Crippen molar-refractivity contribution in [3.05, 3.63) is 68.3 Å². The van der Waals surface area contributed by atoms with Gasteiger partial charge in [-0.1, -0.05) is 12.1 Å². The molecular formula is C16H14N4O3S. The molecule has 0 unspecified atom stereocenters.